The van der Waals surface area contributed by atoms with Crippen LogP contribution >= 0.6 is 0 Å². The van der Waals surface area contributed by atoms with Gasteiger partial charge in [0.2, 0.25) is 5.65 Å². The van der Waals surface area contributed by atoms with Gasteiger partial charge in [0.1, 0.15) is 5.82 Å². The van der Waals surface area contributed by atoms with Crippen LogP contribution in [-0.2, 0) is 0 Å². The van der Waals surface area contributed by atoms with Crippen molar-refractivity contribution in [3.05, 3.63) is 94.8 Å². The second kappa shape index (κ2) is 8.75. The summed E-state index contributed by atoms with van der Waals surface area (Å²) in [6.07, 6.45) is 0. The predicted molar refractivity (Wildman–Crippen MR) is 143 cm³/mol. The maximum atomic E-state index is 13.1. The van der Waals surface area contributed by atoms with E-state index in [4.69, 9.17) is 4.98 Å². The van der Waals surface area contributed by atoms with Crippen LogP contribution in [0.15, 0.2) is 66.7 Å². The Morgan fingerprint density at radius 1 is 0.778 bits per heavy atom. The highest BCUT2D eigenvalue weighted by Crippen LogP contribution is 2.28. The monoisotopic (exact) mass is 476 g/mol. The van der Waals surface area contributed by atoms with Crippen molar-refractivity contribution < 1.29 is 4.79 Å². The molecule has 2 aromatic heterocycles. The zero-order valence-corrected chi connectivity index (χ0v) is 20.8. The molecule has 0 amide bonds. The van der Waals surface area contributed by atoms with Gasteiger partial charge < -0.3 is 9.80 Å². The number of carbonyl (C=O) groups is 1. The van der Waals surface area contributed by atoms with Gasteiger partial charge in [0.05, 0.1) is 11.0 Å². The summed E-state index contributed by atoms with van der Waals surface area (Å²) in [4.78, 5) is 22.8. The van der Waals surface area contributed by atoms with Crippen LogP contribution in [0.1, 0.15) is 32.9 Å². The van der Waals surface area contributed by atoms with Gasteiger partial charge in [0.15, 0.2) is 11.6 Å². The number of piperazine rings is 1. The molecule has 36 heavy (non-hydrogen) atoms. The second-order valence-electron chi connectivity index (χ2n) is 9.50. The molecule has 0 N–H and O–H groups in total. The Bertz CT molecular complexity index is 1600. The lowest BCUT2D eigenvalue weighted by Crippen LogP contribution is -2.47. The molecule has 0 aliphatic carbocycles. The van der Waals surface area contributed by atoms with Gasteiger partial charge in [-0.1, -0.05) is 48.0 Å². The van der Waals surface area contributed by atoms with Gasteiger partial charge in [-0.05, 0) is 50.6 Å². The molecular weight excluding hydrogens is 448 g/mol. The Balaban J connectivity index is 1.35. The summed E-state index contributed by atoms with van der Waals surface area (Å²) in [5, 5.41) is 8.85. The smallest absolute Gasteiger partial charge is 0.204 e. The molecule has 1 fully saturated rings. The SMILES string of the molecule is Cc1ccc(N2CCN(c3nc4ccc(C(=O)c5ccccc5)cc4n4c(C)nnc34)CC2)c(C)c1. The Morgan fingerprint density at radius 2 is 1.53 bits per heavy atom. The fourth-order valence-corrected chi connectivity index (χ4v) is 5.19. The fourth-order valence-electron chi connectivity index (χ4n) is 5.19. The third-order valence-electron chi connectivity index (χ3n) is 7.04. The highest BCUT2D eigenvalue weighted by molar-refractivity contribution is 6.10. The highest BCUT2D eigenvalue weighted by atomic mass is 16.1. The Hall–Kier alpha value is -4.26. The summed E-state index contributed by atoms with van der Waals surface area (Å²) >= 11 is 0. The van der Waals surface area contributed by atoms with Gasteiger partial charge in [0.25, 0.3) is 0 Å². The fraction of sp³-hybridized carbons (Fsp3) is 0.241. The Morgan fingerprint density at radius 3 is 2.28 bits per heavy atom. The summed E-state index contributed by atoms with van der Waals surface area (Å²) in [7, 11) is 0. The topological polar surface area (TPSA) is 66.6 Å². The van der Waals surface area contributed by atoms with E-state index in [1.165, 1.54) is 16.8 Å². The lowest BCUT2D eigenvalue weighted by molar-refractivity contribution is 0.103. The van der Waals surface area contributed by atoms with Gasteiger partial charge in [-0.2, -0.15) is 0 Å². The first-order valence-corrected chi connectivity index (χ1v) is 12.3. The molecule has 1 aliphatic rings. The summed E-state index contributed by atoms with van der Waals surface area (Å²) in [5.74, 6) is 1.60. The zero-order valence-electron chi connectivity index (χ0n) is 20.8. The number of fused-ring (bicyclic) bond motifs is 3. The predicted octanol–water partition coefficient (Wildman–Crippen LogP) is 4.76. The van der Waals surface area contributed by atoms with Gasteiger partial charge in [-0.25, -0.2) is 4.98 Å². The van der Waals surface area contributed by atoms with Crippen molar-refractivity contribution in [3.63, 3.8) is 0 Å². The lowest BCUT2D eigenvalue weighted by atomic mass is 10.0. The molecule has 0 bridgehead atoms. The molecule has 7 nitrogen and oxygen atoms in total. The maximum Gasteiger partial charge on any atom is 0.204 e. The van der Waals surface area contributed by atoms with Crippen LogP contribution in [0.4, 0.5) is 11.5 Å². The van der Waals surface area contributed by atoms with E-state index in [-0.39, 0.29) is 5.78 Å². The molecule has 6 rings (SSSR count). The number of aromatic nitrogens is 4. The minimum absolute atomic E-state index is 0.0111. The standard InChI is InChI=1S/C29H28N6O/c1-19-9-12-25(20(2)17-19)33-13-15-34(16-14-33)28-29-32-31-21(3)35(29)26-18-23(10-11-24(26)30-28)27(36)22-7-5-4-6-8-22/h4-12,17-18H,13-16H2,1-3H3. The first-order valence-electron chi connectivity index (χ1n) is 12.3. The van der Waals surface area contributed by atoms with Gasteiger partial charge in [0, 0.05) is 43.0 Å². The number of aryl methyl sites for hydroxylation is 3. The van der Waals surface area contributed by atoms with E-state index in [1.54, 1.807) is 0 Å². The number of hydrogen-bond acceptors (Lipinski definition) is 6. The highest BCUT2D eigenvalue weighted by Gasteiger charge is 2.24. The Labute approximate surface area is 210 Å². The number of anilines is 2. The molecule has 1 aliphatic heterocycles. The maximum absolute atomic E-state index is 13.1. The molecule has 0 spiro atoms. The van der Waals surface area contributed by atoms with E-state index in [0.29, 0.717) is 11.1 Å². The number of hydrogen-bond donors (Lipinski definition) is 0. The van der Waals surface area contributed by atoms with Gasteiger partial charge in [-0.3, -0.25) is 9.20 Å². The molecule has 180 valence electrons. The number of nitrogens with zero attached hydrogens (tertiary/aromatic N) is 6. The number of benzene rings is 3. The number of rotatable bonds is 4. The molecule has 0 unspecified atom stereocenters. The van der Waals surface area contributed by atoms with E-state index in [0.717, 1.165) is 54.5 Å². The van der Waals surface area contributed by atoms with Crippen LogP contribution in [0.2, 0.25) is 0 Å². The van der Waals surface area contributed by atoms with Crippen molar-refractivity contribution in [2.45, 2.75) is 20.8 Å². The van der Waals surface area contributed by atoms with Crippen LogP contribution in [-0.4, -0.2) is 51.5 Å². The van der Waals surface area contributed by atoms with E-state index >= 15 is 0 Å². The van der Waals surface area contributed by atoms with Crippen molar-refractivity contribution in [3.8, 4) is 0 Å². The normalized spacial score (nSPS) is 14.1. The van der Waals surface area contributed by atoms with E-state index in [2.05, 4.69) is 52.0 Å². The van der Waals surface area contributed by atoms with Crippen molar-refractivity contribution >= 4 is 34.0 Å². The van der Waals surface area contributed by atoms with E-state index < -0.39 is 0 Å². The average Bonchev–Trinajstić information content (AvgIpc) is 3.30. The van der Waals surface area contributed by atoms with Crippen molar-refractivity contribution in [1.29, 1.82) is 0 Å². The van der Waals surface area contributed by atoms with E-state index in [9.17, 15) is 4.79 Å². The molecular formula is C29H28N6O. The first kappa shape index (κ1) is 22.2. The van der Waals surface area contributed by atoms with Crippen LogP contribution in [0.3, 0.4) is 0 Å². The van der Waals surface area contributed by atoms with Crippen molar-refractivity contribution in [2.24, 2.45) is 0 Å². The second-order valence-corrected chi connectivity index (χ2v) is 9.50. The summed E-state index contributed by atoms with van der Waals surface area (Å²) in [5.41, 5.74) is 7.57. The molecule has 0 radical (unpaired) electrons. The molecule has 1 saturated heterocycles. The number of carbonyl (C=O) groups excluding carboxylic acids is 1. The van der Waals surface area contributed by atoms with Crippen LogP contribution in [0.25, 0.3) is 16.7 Å². The summed E-state index contributed by atoms with van der Waals surface area (Å²) in [6, 6.07) is 21.7. The first-order chi connectivity index (χ1) is 17.5. The van der Waals surface area contributed by atoms with Crippen LogP contribution in [0.5, 0.6) is 0 Å². The largest absolute Gasteiger partial charge is 0.368 e. The Kier molecular flexibility index (Phi) is 5.40. The zero-order chi connectivity index (χ0) is 24.8. The average molecular weight is 477 g/mol. The van der Waals surface area contributed by atoms with E-state index in [1.807, 2.05) is 59.9 Å². The van der Waals surface area contributed by atoms with Crippen molar-refractivity contribution in [2.75, 3.05) is 36.0 Å². The molecule has 5 aromatic rings. The minimum Gasteiger partial charge on any atom is -0.368 e. The molecule has 3 aromatic carbocycles. The summed E-state index contributed by atoms with van der Waals surface area (Å²) in [6.45, 7) is 9.76. The molecule has 7 heteroatoms. The lowest BCUT2D eigenvalue weighted by Gasteiger charge is -2.37. The van der Waals surface area contributed by atoms with Gasteiger partial charge >= 0.3 is 0 Å². The minimum atomic E-state index is -0.0111. The summed E-state index contributed by atoms with van der Waals surface area (Å²) < 4.78 is 2.02. The third kappa shape index (κ3) is 3.77. The van der Waals surface area contributed by atoms with Crippen LogP contribution in [0, 0.1) is 20.8 Å². The molecule has 3 heterocycles. The molecule has 0 saturated carbocycles. The van der Waals surface area contributed by atoms with Crippen LogP contribution < -0.4 is 9.80 Å². The quantitative estimate of drug-likeness (QED) is 0.349. The third-order valence-corrected chi connectivity index (χ3v) is 7.04. The van der Waals surface area contributed by atoms with Crippen molar-refractivity contribution in [1.82, 2.24) is 19.6 Å². The van der Waals surface area contributed by atoms with Gasteiger partial charge in [-0.15, -0.1) is 10.2 Å². The molecule has 0 atom stereocenters. The number of ketones is 1.